The summed E-state index contributed by atoms with van der Waals surface area (Å²) < 4.78 is 7.33. The fraction of sp³-hybridized carbons (Fsp3) is 0.500. The minimum atomic E-state index is -0.115. The number of carbonyl (C=O) groups excluding carboxylic acids is 2. The van der Waals surface area contributed by atoms with Gasteiger partial charge in [-0.15, -0.1) is 0 Å². The first-order valence-corrected chi connectivity index (χ1v) is 10.2. The Hall–Kier alpha value is -2.83. The number of benzene rings is 1. The van der Waals surface area contributed by atoms with Gasteiger partial charge in [0.25, 0.3) is 5.91 Å². The van der Waals surface area contributed by atoms with Crippen LogP contribution in [0.25, 0.3) is 0 Å². The summed E-state index contributed by atoms with van der Waals surface area (Å²) in [6.45, 7) is 6.68. The Labute approximate surface area is 172 Å². The van der Waals surface area contributed by atoms with Crippen LogP contribution in [-0.2, 0) is 11.3 Å². The first kappa shape index (κ1) is 20.9. The highest BCUT2D eigenvalue weighted by Crippen LogP contribution is 2.21. The van der Waals surface area contributed by atoms with Gasteiger partial charge in [-0.3, -0.25) is 9.59 Å². The summed E-state index contributed by atoms with van der Waals surface area (Å²) in [5.74, 6) is 1.98. The molecule has 0 unspecified atom stereocenters. The van der Waals surface area contributed by atoms with Gasteiger partial charge in [0.1, 0.15) is 11.6 Å². The molecule has 0 spiro atoms. The van der Waals surface area contributed by atoms with E-state index in [1.54, 1.807) is 19.4 Å². The molecule has 2 heterocycles. The molecule has 1 aliphatic rings. The molecule has 0 aliphatic carbocycles. The molecule has 1 N–H and O–H groups in total. The van der Waals surface area contributed by atoms with Crippen LogP contribution >= 0.6 is 0 Å². The number of amides is 2. The summed E-state index contributed by atoms with van der Waals surface area (Å²) >= 11 is 0. The van der Waals surface area contributed by atoms with Crippen molar-refractivity contribution in [3.63, 3.8) is 0 Å². The van der Waals surface area contributed by atoms with Gasteiger partial charge in [-0.2, -0.15) is 0 Å². The van der Waals surface area contributed by atoms with Crippen LogP contribution in [0, 0.1) is 19.8 Å². The third-order valence-electron chi connectivity index (χ3n) is 5.61. The molecule has 1 fully saturated rings. The monoisotopic (exact) mass is 398 g/mol. The maximum absolute atomic E-state index is 12.5. The molecule has 0 atom stereocenters. The topological polar surface area (TPSA) is 76.5 Å². The van der Waals surface area contributed by atoms with Crippen molar-refractivity contribution >= 4 is 11.8 Å². The number of nitrogens with one attached hydrogen (secondary N) is 1. The Morgan fingerprint density at radius 2 is 2.00 bits per heavy atom. The number of nitrogens with zero attached hydrogens (tertiary/aromatic N) is 3. The zero-order valence-electron chi connectivity index (χ0n) is 17.5. The number of hydrogen-bond acceptors (Lipinski definition) is 4. The molecule has 2 amide bonds. The summed E-state index contributed by atoms with van der Waals surface area (Å²) in [5, 5.41) is 3.02. The van der Waals surface area contributed by atoms with Crippen LogP contribution < -0.4 is 10.1 Å². The molecule has 0 saturated carbocycles. The van der Waals surface area contributed by atoms with Gasteiger partial charge >= 0.3 is 0 Å². The van der Waals surface area contributed by atoms with E-state index < -0.39 is 0 Å². The quantitative estimate of drug-likeness (QED) is 0.778. The summed E-state index contributed by atoms with van der Waals surface area (Å²) in [6.07, 6.45) is 5.96. The van der Waals surface area contributed by atoms with Crippen LogP contribution in [0.5, 0.6) is 5.75 Å². The van der Waals surface area contributed by atoms with Crippen molar-refractivity contribution in [2.75, 3.05) is 26.7 Å². The lowest BCUT2D eigenvalue weighted by Gasteiger charge is -2.32. The van der Waals surface area contributed by atoms with Crippen LogP contribution in [0.15, 0.2) is 30.6 Å². The maximum Gasteiger partial charge on any atom is 0.255 e. The standard InChI is InChI=1S/C22H30N4O3/c1-16-4-5-19(20(14-16)29-3)22(28)24-15-18-6-10-26(11-7-18)21(27)8-12-25-13-9-23-17(25)2/h4-5,9,13-14,18H,6-8,10-12,15H2,1-3H3,(H,24,28). The van der Waals surface area contributed by atoms with Gasteiger partial charge in [-0.05, 0) is 50.3 Å². The SMILES string of the molecule is COc1cc(C)ccc1C(=O)NCC1CCN(C(=O)CCn2ccnc2C)CC1. The Balaban J connectivity index is 1.42. The first-order chi connectivity index (χ1) is 14.0. The van der Waals surface area contributed by atoms with Crippen LogP contribution in [-0.4, -0.2) is 53.0 Å². The lowest BCUT2D eigenvalue weighted by atomic mass is 9.96. The van der Waals surface area contributed by atoms with Crippen molar-refractivity contribution in [3.05, 3.63) is 47.5 Å². The molecule has 3 rings (SSSR count). The summed E-state index contributed by atoms with van der Waals surface area (Å²) in [7, 11) is 1.58. The number of rotatable bonds is 7. The van der Waals surface area contributed by atoms with E-state index in [0.717, 1.165) is 37.3 Å². The van der Waals surface area contributed by atoms with E-state index in [9.17, 15) is 9.59 Å². The van der Waals surface area contributed by atoms with Crippen molar-refractivity contribution in [2.45, 2.75) is 39.7 Å². The molecular formula is C22H30N4O3. The molecule has 0 radical (unpaired) electrons. The lowest BCUT2D eigenvalue weighted by Crippen LogP contribution is -2.41. The van der Waals surface area contributed by atoms with Crippen molar-refractivity contribution in [3.8, 4) is 5.75 Å². The number of likely N-dealkylation sites (tertiary alicyclic amines) is 1. The second kappa shape index (κ2) is 9.58. The number of hydrogen-bond donors (Lipinski definition) is 1. The first-order valence-electron chi connectivity index (χ1n) is 10.2. The van der Waals surface area contributed by atoms with Crippen LogP contribution in [0.4, 0.5) is 0 Å². The molecule has 1 aromatic heterocycles. The van der Waals surface area contributed by atoms with Gasteiger partial charge in [0.15, 0.2) is 0 Å². The fourth-order valence-corrected chi connectivity index (χ4v) is 3.72. The zero-order chi connectivity index (χ0) is 20.8. The minimum absolute atomic E-state index is 0.115. The van der Waals surface area contributed by atoms with Crippen LogP contribution in [0.1, 0.15) is 41.0 Å². The Bertz CT molecular complexity index is 853. The Morgan fingerprint density at radius 1 is 1.24 bits per heavy atom. The van der Waals surface area contributed by atoms with Crippen LogP contribution in [0.3, 0.4) is 0 Å². The van der Waals surface area contributed by atoms with E-state index in [4.69, 9.17) is 4.74 Å². The highest BCUT2D eigenvalue weighted by molar-refractivity contribution is 5.97. The smallest absolute Gasteiger partial charge is 0.255 e. The molecule has 7 nitrogen and oxygen atoms in total. The minimum Gasteiger partial charge on any atom is -0.496 e. The highest BCUT2D eigenvalue weighted by atomic mass is 16.5. The number of ether oxygens (including phenoxy) is 1. The molecular weight excluding hydrogens is 368 g/mol. The van der Waals surface area contributed by atoms with Gasteiger partial charge in [-0.1, -0.05) is 6.07 Å². The molecule has 1 aliphatic heterocycles. The summed E-state index contributed by atoms with van der Waals surface area (Å²) in [6, 6.07) is 5.57. The number of piperidine rings is 1. The number of imidazole rings is 1. The van der Waals surface area contributed by atoms with E-state index >= 15 is 0 Å². The summed E-state index contributed by atoms with van der Waals surface area (Å²) in [4.78, 5) is 31.1. The third kappa shape index (κ3) is 5.37. The second-order valence-electron chi connectivity index (χ2n) is 7.66. The van der Waals surface area contributed by atoms with Gasteiger partial charge in [0, 0.05) is 45.0 Å². The second-order valence-corrected chi connectivity index (χ2v) is 7.66. The molecule has 7 heteroatoms. The van der Waals surface area contributed by atoms with Crippen molar-refractivity contribution in [1.29, 1.82) is 0 Å². The largest absolute Gasteiger partial charge is 0.496 e. The normalized spacial score (nSPS) is 14.7. The number of methoxy groups -OCH3 is 1. The number of aromatic nitrogens is 2. The molecule has 2 aromatic rings. The molecule has 1 aromatic carbocycles. The predicted molar refractivity (Wildman–Crippen MR) is 111 cm³/mol. The van der Waals surface area contributed by atoms with Crippen LogP contribution in [0.2, 0.25) is 0 Å². The predicted octanol–water partition coefficient (Wildman–Crippen LogP) is 2.57. The Morgan fingerprint density at radius 3 is 2.66 bits per heavy atom. The van der Waals surface area contributed by atoms with E-state index in [1.807, 2.05) is 41.6 Å². The molecule has 156 valence electrons. The lowest BCUT2D eigenvalue weighted by molar-refractivity contribution is -0.132. The Kier molecular flexibility index (Phi) is 6.90. The van der Waals surface area contributed by atoms with E-state index in [-0.39, 0.29) is 11.8 Å². The van der Waals surface area contributed by atoms with Crippen molar-refractivity contribution in [2.24, 2.45) is 5.92 Å². The van der Waals surface area contributed by atoms with E-state index in [0.29, 0.717) is 36.7 Å². The van der Waals surface area contributed by atoms with E-state index in [2.05, 4.69) is 10.3 Å². The average Bonchev–Trinajstić information content (AvgIpc) is 3.15. The highest BCUT2D eigenvalue weighted by Gasteiger charge is 2.23. The summed E-state index contributed by atoms with van der Waals surface area (Å²) in [5.41, 5.74) is 1.61. The zero-order valence-corrected chi connectivity index (χ0v) is 17.5. The fourth-order valence-electron chi connectivity index (χ4n) is 3.72. The number of carbonyl (C=O) groups is 2. The third-order valence-corrected chi connectivity index (χ3v) is 5.61. The maximum atomic E-state index is 12.5. The molecule has 0 bridgehead atoms. The average molecular weight is 399 g/mol. The number of aryl methyl sites for hydroxylation is 3. The molecule has 1 saturated heterocycles. The van der Waals surface area contributed by atoms with Gasteiger partial charge in [0.05, 0.1) is 12.7 Å². The molecule has 29 heavy (non-hydrogen) atoms. The van der Waals surface area contributed by atoms with Crippen molar-refractivity contribution < 1.29 is 14.3 Å². The van der Waals surface area contributed by atoms with Gasteiger partial charge in [0.2, 0.25) is 5.91 Å². The van der Waals surface area contributed by atoms with Gasteiger partial charge in [-0.25, -0.2) is 4.98 Å². The van der Waals surface area contributed by atoms with E-state index in [1.165, 1.54) is 0 Å². The van der Waals surface area contributed by atoms with Crippen molar-refractivity contribution in [1.82, 2.24) is 19.8 Å². The van der Waals surface area contributed by atoms with Gasteiger partial charge < -0.3 is 19.5 Å².